The first-order valence-corrected chi connectivity index (χ1v) is 9.92. The van der Waals surface area contributed by atoms with Gasteiger partial charge < -0.3 is 5.32 Å². The van der Waals surface area contributed by atoms with Gasteiger partial charge in [0, 0.05) is 6.54 Å². The molecule has 1 amide bonds. The van der Waals surface area contributed by atoms with Crippen molar-refractivity contribution in [2.24, 2.45) is 0 Å². The summed E-state index contributed by atoms with van der Waals surface area (Å²) in [6.07, 6.45) is 3.35. The fourth-order valence-corrected chi connectivity index (χ4v) is 4.09. The maximum absolute atomic E-state index is 13.3. The molecule has 3 aromatic rings. The Morgan fingerprint density at radius 3 is 2.59 bits per heavy atom. The van der Waals surface area contributed by atoms with Crippen LogP contribution in [0, 0.1) is 5.82 Å². The molecule has 1 fully saturated rings. The highest BCUT2D eigenvalue weighted by Crippen LogP contribution is 2.25. The summed E-state index contributed by atoms with van der Waals surface area (Å²) in [4.78, 5) is 15.2. The lowest BCUT2D eigenvalue weighted by Crippen LogP contribution is -2.42. The zero-order valence-electron chi connectivity index (χ0n) is 14.9. The third-order valence-corrected chi connectivity index (χ3v) is 5.53. The van der Waals surface area contributed by atoms with Crippen LogP contribution in [-0.4, -0.2) is 32.6 Å². The molecular formula is C20H21FN4OS. The van der Waals surface area contributed by atoms with Gasteiger partial charge in [0.25, 0.3) is 0 Å². The molecule has 1 aliphatic rings. The molecule has 7 heteroatoms. The van der Waals surface area contributed by atoms with Gasteiger partial charge in [-0.25, -0.2) is 4.39 Å². The smallest absolute Gasteiger partial charge is 0.242 e. The van der Waals surface area contributed by atoms with Gasteiger partial charge in [0.1, 0.15) is 22.9 Å². The van der Waals surface area contributed by atoms with E-state index in [2.05, 4.69) is 19.0 Å². The van der Waals surface area contributed by atoms with Gasteiger partial charge in [0.15, 0.2) is 0 Å². The van der Waals surface area contributed by atoms with Crippen LogP contribution < -0.4 is 5.32 Å². The molecule has 2 heterocycles. The monoisotopic (exact) mass is 384 g/mol. The molecule has 0 bridgehead atoms. The SMILES string of the molecule is O=C(NCc1ccc2nsnc2c1)C(c1ccc(F)cc1)N1CCCCC1. The lowest BCUT2D eigenvalue weighted by atomic mass is 10.0. The summed E-state index contributed by atoms with van der Waals surface area (Å²) in [5, 5.41) is 3.05. The van der Waals surface area contributed by atoms with E-state index in [1.807, 2.05) is 18.2 Å². The van der Waals surface area contributed by atoms with Gasteiger partial charge in [-0.3, -0.25) is 9.69 Å². The van der Waals surface area contributed by atoms with E-state index in [9.17, 15) is 9.18 Å². The van der Waals surface area contributed by atoms with Gasteiger partial charge in [0.05, 0.1) is 11.7 Å². The van der Waals surface area contributed by atoms with Crippen molar-refractivity contribution >= 4 is 28.7 Å². The average Bonchev–Trinajstić information content (AvgIpc) is 3.17. The lowest BCUT2D eigenvalue weighted by molar-refractivity contribution is -0.127. The van der Waals surface area contributed by atoms with Crippen molar-refractivity contribution < 1.29 is 9.18 Å². The number of rotatable bonds is 5. The third-order valence-electron chi connectivity index (χ3n) is 4.97. The van der Waals surface area contributed by atoms with Crippen molar-refractivity contribution in [3.63, 3.8) is 0 Å². The van der Waals surface area contributed by atoms with Crippen molar-refractivity contribution in [1.82, 2.24) is 19.0 Å². The van der Waals surface area contributed by atoms with Gasteiger partial charge in [-0.05, 0) is 61.3 Å². The van der Waals surface area contributed by atoms with Crippen LogP contribution in [0.15, 0.2) is 42.5 Å². The van der Waals surface area contributed by atoms with E-state index >= 15 is 0 Å². The van der Waals surface area contributed by atoms with E-state index in [0.29, 0.717) is 6.54 Å². The lowest BCUT2D eigenvalue weighted by Gasteiger charge is -2.34. The minimum Gasteiger partial charge on any atom is -0.350 e. The third kappa shape index (κ3) is 4.14. The molecule has 1 unspecified atom stereocenters. The molecule has 0 radical (unpaired) electrons. The average molecular weight is 384 g/mol. The Bertz CT molecular complexity index is 921. The van der Waals surface area contributed by atoms with Crippen molar-refractivity contribution in [2.75, 3.05) is 13.1 Å². The highest BCUT2D eigenvalue weighted by atomic mass is 32.1. The largest absolute Gasteiger partial charge is 0.350 e. The van der Waals surface area contributed by atoms with Crippen molar-refractivity contribution in [3.05, 3.63) is 59.4 Å². The zero-order chi connectivity index (χ0) is 18.6. The number of hydrogen-bond donors (Lipinski definition) is 1. The Hall–Kier alpha value is -2.38. The first-order valence-electron chi connectivity index (χ1n) is 9.19. The summed E-state index contributed by atoms with van der Waals surface area (Å²) < 4.78 is 21.8. The number of nitrogens with one attached hydrogen (secondary N) is 1. The normalized spacial score (nSPS) is 16.3. The molecule has 0 saturated carbocycles. The topological polar surface area (TPSA) is 58.1 Å². The van der Waals surface area contributed by atoms with Gasteiger partial charge in [0.2, 0.25) is 5.91 Å². The van der Waals surface area contributed by atoms with Crippen LogP contribution in [0.2, 0.25) is 0 Å². The Labute approximate surface area is 161 Å². The van der Waals surface area contributed by atoms with Crippen LogP contribution in [0.5, 0.6) is 0 Å². The Balaban J connectivity index is 1.51. The van der Waals surface area contributed by atoms with E-state index in [1.165, 1.54) is 30.3 Å². The van der Waals surface area contributed by atoms with E-state index in [0.717, 1.165) is 48.1 Å². The molecular weight excluding hydrogens is 363 g/mol. The fourth-order valence-electron chi connectivity index (χ4n) is 3.57. The Morgan fingerprint density at radius 2 is 1.81 bits per heavy atom. The summed E-state index contributed by atoms with van der Waals surface area (Å²) in [6, 6.07) is 11.7. The van der Waals surface area contributed by atoms with Crippen LogP contribution in [0.1, 0.15) is 36.4 Å². The second-order valence-electron chi connectivity index (χ2n) is 6.86. The molecule has 1 aromatic heterocycles. The number of piperidine rings is 1. The highest BCUT2D eigenvalue weighted by Gasteiger charge is 2.28. The van der Waals surface area contributed by atoms with Crippen LogP contribution >= 0.6 is 11.7 Å². The summed E-state index contributed by atoms with van der Waals surface area (Å²) in [6.45, 7) is 2.19. The second kappa shape index (κ2) is 8.10. The molecule has 4 rings (SSSR count). The number of benzene rings is 2. The van der Waals surface area contributed by atoms with Gasteiger partial charge in [-0.2, -0.15) is 8.75 Å². The van der Waals surface area contributed by atoms with Crippen molar-refractivity contribution in [1.29, 1.82) is 0 Å². The number of amides is 1. The molecule has 2 aromatic carbocycles. The number of likely N-dealkylation sites (tertiary alicyclic amines) is 1. The second-order valence-corrected chi connectivity index (χ2v) is 7.38. The summed E-state index contributed by atoms with van der Waals surface area (Å²) in [5.74, 6) is -0.346. The summed E-state index contributed by atoms with van der Waals surface area (Å²) >= 11 is 1.18. The number of halogens is 1. The molecule has 1 saturated heterocycles. The quantitative estimate of drug-likeness (QED) is 0.729. The number of aromatic nitrogens is 2. The molecule has 5 nitrogen and oxygen atoms in total. The van der Waals surface area contributed by atoms with Crippen molar-refractivity contribution in [3.8, 4) is 0 Å². The molecule has 0 aliphatic carbocycles. The number of fused-ring (bicyclic) bond motifs is 1. The van der Waals surface area contributed by atoms with Crippen LogP contribution in [-0.2, 0) is 11.3 Å². The Kier molecular flexibility index (Phi) is 5.40. The van der Waals surface area contributed by atoms with E-state index in [-0.39, 0.29) is 11.7 Å². The predicted octanol–water partition coefficient (Wildman–Crippen LogP) is 3.67. The van der Waals surface area contributed by atoms with Crippen molar-refractivity contribution in [2.45, 2.75) is 31.8 Å². The molecule has 140 valence electrons. The van der Waals surface area contributed by atoms with Crippen LogP contribution in [0.25, 0.3) is 11.0 Å². The summed E-state index contributed by atoms with van der Waals surface area (Å²) in [5.41, 5.74) is 3.53. The zero-order valence-corrected chi connectivity index (χ0v) is 15.7. The van der Waals surface area contributed by atoms with Gasteiger partial charge >= 0.3 is 0 Å². The van der Waals surface area contributed by atoms with Crippen LogP contribution in [0.4, 0.5) is 4.39 Å². The van der Waals surface area contributed by atoms with Gasteiger partial charge in [-0.1, -0.05) is 24.6 Å². The predicted molar refractivity (Wildman–Crippen MR) is 104 cm³/mol. The minimum absolute atomic E-state index is 0.0555. The van der Waals surface area contributed by atoms with Crippen LogP contribution in [0.3, 0.4) is 0 Å². The molecule has 1 N–H and O–H groups in total. The maximum Gasteiger partial charge on any atom is 0.242 e. The molecule has 0 spiro atoms. The Morgan fingerprint density at radius 1 is 1.07 bits per heavy atom. The maximum atomic E-state index is 13.3. The first kappa shape index (κ1) is 18.0. The van der Waals surface area contributed by atoms with E-state index in [4.69, 9.17) is 0 Å². The number of carbonyl (C=O) groups is 1. The standard InChI is InChI=1S/C20H21FN4OS/c21-16-7-5-15(6-8-16)19(25-10-2-1-3-11-25)20(26)22-13-14-4-9-17-18(12-14)24-27-23-17/h4-9,12,19H,1-3,10-11,13H2,(H,22,26). The number of carbonyl (C=O) groups excluding carboxylic acids is 1. The summed E-state index contributed by atoms with van der Waals surface area (Å²) in [7, 11) is 0. The van der Waals surface area contributed by atoms with E-state index in [1.54, 1.807) is 12.1 Å². The number of hydrogen-bond acceptors (Lipinski definition) is 5. The minimum atomic E-state index is -0.393. The molecule has 1 aliphatic heterocycles. The first-order chi connectivity index (χ1) is 13.2. The molecule has 1 atom stereocenters. The van der Waals surface area contributed by atoms with Gasteiger partial charge in [-0.15, -0.1) is 0 Å². The number of nitrogens with zero attached hydrogens (tertiary/aromatic N) is 3. The molecule has 27 heavy (non-hydrogen) atoms. The van der Waals surface area contributed by atoms with E-state index < -0.39 is 6.04 Å². The fraction of sp³-hybridized carbons (Fsp3) is 0.350. The highest BCUT2D eigenvalue weighted by molar-refractivity contribution is 7.00.